The Morgan fingerprint density at radius 3 is 2.67 bits per heavy atom. The number of ether oxygens (including phenoxy) is 2. The smallest absolute Gasteiger partial charge is 0.414 e. The molecule has 1 amide bonds. The van der Waals surface area contributed by atoms with Crippen molar-refractivity contribution >= 4 is 22.7 Å². The van der Waals surface area contributed by atoms with Crippen molar-refractivity contribution in [1.29, 1.82) is 0 Å². The molecule has 0 saturated carbocycles. The number of nitrogens with zero attached hydrogens (tertiary/aromatic N) is 2. The van der Waals surface area contributed by atoms with Crippen LogP contribution in [0.2, 0.25) is 0 Å². The Labute approximate surface area is 190 Å². The van der Waals surface area contributed by atoms with E-state index in [1.807, 2.05) is 31.2 Å². The molecular weight excluding hydrogens is 425 g/mol. The van der Waals surface area contributed by atoms with Gasteiger partial charge in [-0.05, 0) is 67.7 Å². The van der Waals surface area contributed by atoms with E-state index in [0.29, 0.717) is 50.3 Å². The van der Waals surface area contributed by atoms with E-state index in [2.05, 4.69) is 5.32 Å². The second-order valence-electron chi connectivity index (χ2n) is 8.41. The Morgan fingerprint density at radius 2 is 1.88 bits per heavy atom. The van der Waals surface area contributed by atoms with Crippen LogP contribution in [0.1, 0.15) is 24.8 Å². The molecule has 2 aliphatic rings. The molecule has 7 nitrogen and oxygen atoms in total. The predicted octanol–water partition coefficient (Wildman–Crippen LogP) is 3.64. The zero-order valence-corrected chi connectivity index (χ0v) is 18.4. The molecule has 1 fully saturated rings. The minimum atomic E-state index is -0.358. The Hall–Kier alpha value is -3.39. The van der Waals surface area contributed by atoms with Crippen LogP contribution in [0.4, 0.5) is 14.9 Å². The number of aromatic nitrogens is 1. The van der Waals surface area contributed by atoms with Crippen molar-refractivity contribution < 1.29 is 18.7 Å². The van der Waals surface area contributed by atoms with Gasteiger partial charge in [0, 0.05) is 36.3 Å². The number of anilines is 1. The number of carbonyl (C=O) groups is 1. The molecule has 172 valence electrons. The summed E-state index contributed by atoms with van der Waals surface area (Å²) in [5.74, 6) is 0.371. The highest BCUT2D eigenvalue weighted by molar-refractivity contribution is 5.89. The lowest BCUT2D eigenvalue weighted by atomic mass is 9.99. The molecule has 3 heterocycles. The van der Waals surface area contributed by atoms with Crippen molar-refractivity contribution in [2.24, 2.45) is 0 Å². The monoisotopic (exact) mass is 451 g/mol. The van der Waals surface area contributed by atoms with Gasteiger partial charge in [0.1, 0.15) is 17.7 Å². The summed E-state index contributed by atoms with van der Waals surface area (Å²) in [6.45, 7) is 4.61. The van der Waals surface area contributed by atoms with Gasteiger partial charge >= 0.3 is 6.09 Å². The number of amides is 1. The second kappa shape index (κ2) is 8.86. The average molecular weight is 451 g/mol. The van der Waals surface area contributed by atoms with Crippen LogP contribution < -0.4 is 20.5 Å². The number of halogens is 1. The molecule has 2 aromatic carbocycles. The molecule has 0 unspecified atom stereocenters. The Balaban J connectivity index is 1.16. The number of rotatable bonds is 8. The van der Waals surface area contributed by atoms with Crippen LogP contribution in [0.3, 0.4) is 0 Å². The van der Waals surface area contributed by atoms with Gasteiger partial charge in [0.05, 0.1) is 18.7 Å². The Bertz CT molecular complexity index is 1240. The molecule has 2 aliphatic heterocycles. The Kier molecular flexibility index (Phi) is 5.76. The van der Waals surface area contributed by atoms with Crippen molar-refractivity contribution in [3.05, 3.63) is 70.3 Å². The number of cyclic esters (lactones) is 1. The summed E-state index contributed by atoms with van der Waals surface area (Å²) in [5, 5.41) is 4.24. The molecule has 0 bridgehead atoms. The lowest BCUT2D eigenvalue weighted by Gasteiger charge is -2.15. The molecular formula is C25H26FN3O4. The maximum Gasteiger partial charge on any atom is 0.414 e. The molecule has 5 rings (SSSR count). The molecule has 1 saturated heterocycles. The van der Waals surface area contributed by atoms with E-state index in [1.165, 1.54) is 12.1 Å². The highest BCUT2D eigenvalue weighted by atomic mass is 19.1. The third-order valence-electron chi connectivity index (χ3n) is 6.32. The van der Waals surface area contributed by atoms with Gasteiger partial charge < -0.3 is 19.4 Å². The molecule has 0 spiro atoms. The number of hydrogen-bond acceptors (Lipinski definition) is 5. The first kappa shape index (κ1) is 21.5. The van der Waals surface area contributed by atoms with Gasteiger partial charge in [-0.3, -0.25) is 9.69 Å². The van der Waals surface area contributed by atoms with Crippen molar-refractivity contribution in [2.45, 2.75) is 31.9 Å². The van der Waals surface area contributed by atoms with Crippen LogP contribution in [0.25, 0.3) is 10.9 Å². The second-order valence-corrected chi connectivity index (χ2v) is 8.41. The fraction of sp³-hybridized carbons (Fsp3) is 0.360. The van der Waals surface area contributed by atoms with E-state index in [0.717, 1.165) is 16.8 Å². The summed E-state index contributed by atoms with van der Waals surface area (Å²) >= 11 is 0. The van der Waals surface area contributed by atoms with Gasteiger partial charge in [0.15, 0.2) is 0 Å². The number of carbonyl (C=O) groups excluding carboxylic acids is 1. The third-order valence-corrected chi connectivity index (χ3v) is 6.32. The van der Waals surface area contributed by atoms with Gasteiger partial charge in [-0.2, -0.15) is 0 Å². The van der Waals surface area contributed by atoms with E-state index in [1.54, 1.807) is 21.6 Å². The van der Waals surface area contributed by atoms with Gasteiger partial charge in [-0.25, -0.2) is 9.18 Å². The molecule has 3 aromatic rings. The molecule has 2 atom stereocenters. The van der Waals surface area contributed by atoms with Gasteiger partial charge in [0.2, 0.25) is 0 Å². The van der Waals surface area contributed by atoms with E-state index in [9.17, 15) is 14.0 Å². The molecule has 33 heavy (non-hydrogen) atoms. The lowest BCUT2D eigenvalue weighted by molar-refractivity contribution is 0.136. The van der Waals surface area contributed by atoms with Crippen LogP contribution in [0.15, 0.2) is 53.3 Å². The summed E-state index contributed by atoms with van der Waals surface area (Å²) in [6.07, 6.45) is 0.0645. The number of hydrogen-bond donors (Lipinski definition) is 1. The van der Waals surface area contributed by atoms with Crippen molar-refractivity contribution in [1.82, 2.24) is 9.88 Å². The average Bonchev–Trinajstić information content (AvgIpc) is 3.38. The minimum absolute atomic E-state index is 0.107. The van der Waals surface area contributed by atoms with Crippen LogP contribution >= 0.6 is 0 Å². The summed E-state index contributed by atoms with van der Waals surface area (Å²) in [7, 11) is 0. The summed E-state index contributed by atoms with van der Waals surface area (Å²) in [5.41, 5.74) is 1.97. The number of pyridine rings is 1. The van der Waals surface area contributed by atoms with Crippen molar-refractivity contribution in [3.8, 4) is 5.75 Å². The van der Waals surface area contributed by atoms with E-state index < -0.39 is 0 Å². The highest BCUT2D eigenvalue weighted by Crippen LogP contribution is 2.34. The van der Waals surface area contributed by atoms with Gasteiger partial charge in [0.25, 0.3) is 5.56 Å². The Morgan fingerprint density at radius 1 is 1.09 bits per heavy atom. The SMILES string of the molecule is CCOc1ccc(N2C[C@@H](CCNC[C@H]3Cn4c(=O)ccc5ccc(F)c3c54)OC2=O)cc1. The largest absolute Gasteiger partial charge is 0.494 e. The van der Waals surface area contributed by atoms with Gasteiger partial charge in [-0.1, -0.05) is 0 Å². The lowest BCUT2D eigenvalue weighted by Crippen LogP contribution is -2.28. The van der Waals surface area contributed by atoms with Gasteiger partial charge in [-0.15, -0.1) is 0 Å². The molecule has 0 radical (unpaired) electrons. The summed E-state index contributed by atoms with van der Waals surface area (Å²) in [6, 6.07) is 13.8. The van der Waals surface area contributed by atoms with Crippen molar-refractivity contribution in [3.63, 3.8) is 0 Å². The molecule has 0 aliphatic carbocycles. The number of nitrogens with one attached hydrogen (secondary N) is 1. The first-order valence-corrected chi connectivity index (χ1v) is 11.3. The summed E-state index contributed by atoms with van der Waals surface area (Å²) < 4.78 is 27.2. The zero-order chi connectivity index (χ0) is 22.9. The van der Waals surface area contributed by atoms with Crippen LogP contribution in [0.5, 0.6) is 5.75 Å². The van der Waals surface area contributed by atoms with E-state index in [4.69, 9.17) is 9.47 Å². The normalized spacial score (nSPS) is 19.3. The quantitative estimate of drug-likeness (QED) is 0.530. The van der Waals surface area contributed by atoms with Crippen LogP contribution in [0, 0.1) is 5.82 Å². The maximum absolute atomic E-state index is 14.6. The maximum atomic E-state index is 14.6. The molecule has 8 heteroatoms. The predicted molar refractivity (Wildman–Crippen MR) is 124 cm³/mol. The highest BCUT2D eigenvalue weighted by Gasteiger charge is 2.32. The van der Waals surface area contributed by atoms with Crippen LogP contribution in [-0.2, 0) is 11.3 Å². The van der Waals surface area contributed by atoms with Crippen molar-refractivity contribution in [2.75, 3.05) is 31.1 Å². The minimum Gasteiger partial charge on any atom is -0.494 e. The fourth-order valence-electron chi connectivity index (χ4n) is 4.76. The first-order valence-electron chi connectivity index (χ1n) is 11.3. The zero-order valence-electron chi connectivity index (χ0n) is 18.4. The van der Waals surface area contributed by atoms with Crippen LogP contribution in [-0.4, -0.2) is 43.0 Å². The standard InChI is InChI=1S/C25H26FN3O4/c1-2-32-19-7-5-18(6-8-19)28-15-20(33-25(28)31)11-12-27-13-17-14-29-22(30)10-4-16-3-9-21(26)23(17)24(16)29/h3-10,17,20,27H,2,11-15H2,1H3/t17-,20+/m0/s1. The summed E-state index contributed by atoms with van der Waals surface area (Å²) in [4.78, 5) is 26.2. The molecule has 1 N–H and O–H groups in total. The number of benzene rings is 2. The first-order chi connectivity index (χ1) is 16.0. The van der Waals surface area contributed by atoms with E-state index in [-0.39, 0.29) is 29.5 Å². The third kappa shape index (κ3) is 4.06. The molecule has 1 aromatic heterocycles. The topological polar surface area (TPSA) is 72.8 Å². The van der Waals surface area contributed by atoms with E-state index >= 15 is 0 Å². The fourth-order valence-corrected chi connectivity index (χ4v) is 4.76.